The third kappa shape index (κ3) is 3.11. The largest absolute Gasteiger partial charge is 0.306 e. The Labute approximate surface area is 158 Å². The zero-order valence-corrected chi connectivity index (χ0v) is 16.1. The van der Waals surface area contributed by atoms with Crippen molar-refractivity contribution in [3.05, 3.63) is 57.5 Å². The van der Waals surface area contributed by atoms with Crippen LogP contribution in [0.2, 0.25) is 0 Å². The van der Waals surface area contributed by atoms with E-state index in [-0.39, 0.29) is 0 Å². The van der Waals surface area contributed by atoms with Crippen molar-refractivity contribution >= 4 is 28.3 Å². The fourth-order valence-electron chi connectivity index (χ4n) is 4.00. The lowest BCUT2D eigenvalue weighted by atomic mass is 9.88. The van der Waals surface area contributed by atoms with Gasteiger partial charge in [-0.15, -0.1) is 11.3 Å². The molecule has 1 aliphatic carbocycles. The summed E-state index contributed by atoms with van der Waals surface area (Å²) in [6, 6.07) is 10.9. The highest BCUT2D eigenvalue weighted by Gasteiger charge is 2.26. The van der Waals surface area contributed by atoms with Gasteiger partial charge in [0, 0.05) is 18.0 Å². The number of hydrogen-bond donors (Lipinski definition) is 0. The second kappa shape index (κ2) is 7.35. The molecular formula is C21H24N2O2S. The third-order valence-corrected chi connectivity index (χ3v) is 6.60. The van der Waals surface area contributed by atoms with Crippen LogP contribution in [0.3, 0.4) is 0 Å². The summed E-state index contributed by atoms with van der Waals surface area (Å²) in [5.74, 6) is 0. The van der Waals surface area contributed by atoms with E-state index in [4.69, 9.17) is 4.84 Å². The standard InChI is InChI=1S/C21H24N2O2S/c1-22-11-9-16(10-12-22)21-17-6-4-3-5-15(17)7-8-19-18(21)13-20(26-19)23(14-24)25-2/h3-6,13-14H,7-12H2,1-2H3. The molecule has 2 aliphatic rings. The fourth-order valence-corrected chi connectivity index (χ4v) is 5.11. The summed E-state index contributed by atoms with van der Waals surface area (Å²) < 4.78 is 0. The number of amides is 1. The molecule has 0 spiro atoms. The van der Waals surface area contributed by atoms with E-state index in [0.717, 1.165) is 50.2 Å². The van der Waals surface area contributed by atoms with Gasteiger partial charge in [-0.05, 0) is 61.1 Å². The molecule has 0 bridgehead atoms. The number of anilines is 1. The molecule has 2 aromatic rings. The fraction of sp³-hybridized carbons (Fsp3) is 0.381. The van der Waals surface area contributed by atoms with Crippen LogP contribution in [0.4, 0.5) is 5.00 Å². The highest BCUT2D eigenvalue weighted by Crippen LogP contribution is 2.43. The summed E-state index contributed by atoms with van der Waals surface area (Å²) in [7, 11) is 3.72. The van der Waals surface area contributed by atoms with Crippen molar-refractivity contribution in [1.82, 2.24) is 4.90 Å². The molecule has 1 saturated heterocycles. The number of carbonyl (C=O) groups is 1. The monoisotopic (exact) mass is 368 g/mol. The first kappa shape index (κ1) is 17.5. The van der Waals surface area contributed by atoms with Crippen LogP contribution in [-0.2, 0) is 22.5 Å². The quantitative estimate of drug-likeness (QED) is 0.608. The Morgan fingerprint density at radius 1 is 1.12 bits per heavy atom. The number of likely N-dealkylation sites (tertiary alicyclic amines) is 1. The topological polar surface area (TPSA) is 32.8 Å². The van der Waals surface area contributed by atoms with Crippen LogP contribution in [0, 0.1) is 0 Å². The van der Waals surface area contributed by atoms with Crippen molar-refractivity contribution in [1.29, 1.82) is 0 Å². The van der Waals surface area contributed by atoms with Crippen LogP contribution < -0.4 is 5.06 Å². The Bertz CT molecular complexity index is 845. The molecule has 136 valence electrons. The van der Waals surface area contributed by atoms with Gasteiger partial charge in [0.05, 0.1) is 7.11 Å². The maximum Gasteiger partial charge on any atom is 0.238 e. The third-order valence-electron chi connectivity index (χ3n) is 5.43. The van der Waals surface area contributed by atoms with Gasteiger partial charge in [0.1, 0.15) is 5.00 Å². The van der Waals surface area contributed by atoms with E-state index >= 15 is 0 Å². The number of benzene rings is 1. The number of fused-ring (bicyclic) bond motifs is 2. The van der Waals surface area contributed by atoms with Gasteiger partial charge >= 0.3 is 0 Å². The Kier molecular flexibility index (Phi) is 4.94. The zero-order chi connectivity index (χ0) is 18.1. The number of piperidine rings is 1. The summed E-state index contributed by atoms with van der Waals surface area (Å²) in [6.45, 7) is 2.21. The van der Waals surface area contributed by atoms with Crippen LogP contribution in [0.5, 0.6) is 0 Å². The predicted octanol–water partition coefficient (Wildman–Crippen LogP) is 3.90. The van der Waals surface area contributed by atoms with E-state index in [1.165, 1.54) is 44.9 Å². The maximum absolute atomic E-state index is 11.3. The number of hydroxylamine groups is 1. The first-order valence-electron chi connectivity index (χ1n) is 9.12. The second-order valence-electron chi connectivity index (χ2n) is 6.97. The van der Waals surface area contributed by atoms with Gasteiger partial charge in [0.2, 0.25) is 6.41 Å². The Balaban J connectivity index is 1.88. The molecule has 0 radical (unpaired) electrons. The molecule has 0 N–H and O–H groups in total. The molecule has 26 heavy (non-hydrogen) atoms. The van der Waals surface area contributed by atoms with E-state index in [0.29, 0.717) is 0 Å². The van der Waals surface area contributed by atoms with Crippen LogP contribution in [0.15, 0.2) is 35.9 Å². The lowest BCUT2D eigenvalue weighted by molar-refractivity contribution is -0.112. The molecule has 0 atom stereocenters. The van der Waals surface area contributed by atoms with Crippen molar-refractivity contribution < 1.29 is 9.63 Å². The van der Waals surface area contributed by atoms with E-state index in [9.17, 15) is 4.79 Å². The average molecular weight is 369 g/mol. The molecule has 5 heteroatoms. The number of nitrogens with zero attached hydrogens (tertiary/aromatic N) is 2. The number of thiophene rings is 1. The molecule has 2 heterocycles. The van der Waals surface area contributed by atoms with Crippen LogP contribution in [0.25, 0.3) is 5.57 Å². The molecule has 4 rings (SSSR count). The van der Waals surface area contributed by atoms with Gasteiger partial charge in [-0.2, -0.15) is 5.06 Å². The SMILES string of the molecule is CON(C=O)c1cc2c(s1)CCc1ccccc1C2=C1CCN(C)CC1. The molecule has 1 aliphatic heterocycles. The van der Waals surface area contributed by atoms with Crippen molar-refractivity contribution in [2.45, 2.75) is 25.7 Å². The van der Waals surface area contributed by atoms with Gasteiger partial charge in [0.25, 0.3) is 0 Å². The van der Waals surface area contributed by atoms with Crippen molar-refractivity contribution in [3.8, 4) is 0 Å². The van der Waals surface area contributed by atoms with Crippen LogP contribution in [0.1, 0.15) is 34.4 Å². The minimum absolute atomic E-state index is 0.738. The number of hydrogen-bond acceptors (Lipinski definition) is 4. The van der Waals surface area contributed by atoms with Gasteiger partial charge < -0.3 is 4.90 Å². The zero-order valence-electron chi connectivity index (χ0n) is 15.3. The molecule has 1 aromatic carbocycles. The molecule has 1 amide bonds. The Hall–Kier alpha value is -1.95. The predicted molar refractivity (Wildman–Crippen MR) is 106 cm³/mol. The minimum atomic E-state index is 0.738. The summed E-state index contributed by atoms with van der Waals surface area (Å²) >= 11 is 1.67. The normalized spacial score (nSPS) is 17.5. The summed E-state index contributed by atoms with van der Waals surface area (Å²) in [4.78, 5) is 20.3. The van der Waals surface area contributed by atoms with Crippen molar-refractivity contribution in [2.24, 2.45) is 0 Å². The average Bonchev–Trinajstić information content (AvgIpc) is 3.01. The van der Waals surface area contributed by atoms with Gasteiger partial charge in [-0.3, -0.25) is 9.63 Å². The number of rotatable bonds is 3. The van der Waals surface area contributed by atoms with Gasteiger partial charge in [-0.25, -0.2) is 0 Å². The lowest BCUT2D eigenvalue weighted by Gasteiger charge is -2.27. The molecular weight excluding hydrogens is 344 g/mol. The van der Waals surface area contributed by atoms with Crippen molar-refractivity contribution in [2.75, 3.05) is 32.3 Å². The van der Waals surface area contributed by atoms with Gasteiger partial charge in [0.15, 0.2) is 0 Å². The number of carbonyl (C=O) groups excluding carboxylic acids is 1. The lowest BCUT2D eigenvalue weighted by Crippen LogP contribution is -2.27. The first-order valence-corrected chi connectivity index (χ1v) is 9.93. The highest BCUT2D eigenvalue weighted by molar-refractivity contribution is 7.16. The van der Waals surface area contributed by atoms with E-state index in [1.54, 1.807) is 11.3 Å². The summed E-state index contributed by atoms with van der Waals surface area (Å²) in [6.07, 6.45) is 4.98. The molecule has 0 saturated carbocycles. The molecule has 4 nitrogen and oxygen atoms in total. The first-order chi connectivity index (χ1) is 12.7. The van der Waals surface area contributed by atoms with Crippen LogP contribution >= 0.6 is 11.3 Å². The van der Waals surface area contributed by atoms with E-state index in [2.05, 4.69) is 42.3 Å². The maximum atomic E-state index is 11.3. The molecule has 0 unspecified atom stereocenters. The van der Waals surface area contributed by atoms with Crippen molar-refractivity contribution in [3.63, 3.8) is 0 Å². The second-order valence-corrected chi connectivity index (χ2v) is 8.09. The smallest absolute Gasteiger partial charge is 0.238 e. The highest BCUT2D eigenvalue weighted by atomic mass is 32.1. The number of aryl methyl sites for hydroxylation is 2. The summed E-state index contributed by atoms with van der Waals surface area (Å²) in [5, 5.41) is 2.18. The van der Waals surface area contributed by atoms with Crippen LogP contribution in [-0.4, -0.2) is 38.6 Å². The van der Waals surface area contributed by atoms with E-state index in [1.807, 2.05) is 0 Å². The molecule has 1 fully saturated rings. The Morgan fingerprint density at radius 3 is 2.62 bits per heavy atom. The van der Waals surface area contributed by atoms with E-state index < -0.39 is 0 Å². The molecule has 1 aromatic heterocycles. The summed E-state index contributed by atoms with van der Waals surface area (Å²) in [5.41, 5.74) is 7.02. The minimum Gasteiger partial charge on any atom is -0.306 e. The van der Waals surface area contributed by atoms with Gasteiger partial charge in [-0.1, -0.05) is 29.8 Å². The Morgan fingerprint density at radius 2 is 1.88 bits per heavy atom.